The molecular weight excluding hydrogens is 456 g/mol. The predicted octanol–water partition coefficient (Wildman–Crippen LogP) is 4.21. The van der Waals surface area contributed by atoms with Crippen molar-refractivity contribution in [2.45, 2.75) is 0 Å². The summed E-state index contributed by atoms with van der Waals surface area (Å²) >= 11 is 0. The molecule has 0 atom stereocenters. The van der Waals surface area contributed by atoms with Crippen LogP contribution in [0.5, 0.6) is 0 Å². The van der Waals surface area contributed by atoms with Gasteiger partial charge in [0, 0.05) is 55.2 Å². The van der Waals surface area contributed by atoms with Crippen LogP contribution in [-0.4, -0.2) is 67.0 Å². The lowest BCUT2D eigenvalue weighted by Gasteiger charge is -2.26. The van der Waals surface area contributed by atoms with Gasteiger partial charge in [0.2, 0.25) is 0 Å². The predicted molar refractivity (Wildman–Crippen MR) is 141 cm³/mol. The zero-order chi connectivity index (χ0) is 25.1. The highest BCUT2D eigenvalue weighted by molar-refractivity contribution is 6.05. The van der Waals surface area contributed by atoms with E-state index in [1.807, 2.05) is 90.4 Å². The van der Waals surface area contributed by atoms with Crippen LogP contribution in [0.4, 0.5) is 21.9 Å². The summed E-state index contributed by atoms with van der Waals surface area (Å²) < 4.78 is 7.12. The van der Waals surface area contributed by atoms with Crippen LogP contribution in [0.1, 0.15) is 10.4 Å². The molecular formula is C27H28N6O3. The zero-order valence-electron chi connectivity index (χ0n) is 20.3. The molecule has 5 rings (SSSR count). The van der Waals surface area contributed by atoms with Crippen LogP contribution in [0, 0.1) is 0 Å². The van der Waals surface area contributed by atoms with Gasteiger partial charge in [0.15, 0.2) is 0 Å². The lowest BCUT2D eigenvalue weighted by molar-refractivity contribution is 0.0564. The van der Waals surface area contributed by atoms with Crippen molar-refractivity contribution < 1.29 is 14.3 Å². The molecule has 0 radical (unpaired) electrons. The fourth-order valence-corrected chi connectivity index (χ4v) is 4.09. The van der Waals surface area contributed by atoms with E-state index in [4.69, 9.17) is 4.74 Å². The Morgan fingerprint density at radius 1 is 0.889 bits per heavy atom. The third kappa shape index (κ3) is 5.01. The summed E-state index contributed by atoms with van der Waals surface area (Å²) in [5.41, 5.74) is 4.82. The fraction of sp³-hybridized carbons (Fsp3) is 0.222. The Kier molecular flexibility index (Phi) is 6.55. The van der Waals surface area contributed by atoms with E-state index in [2.05, 4.69) is 15.7 Å². The van der Waals surface area contributed by atoms with Crippen molar-refractivity contribution in [2.75, 3.05) is 55.9 Å². The van der Waals surface area contributed by atoms with E-state index < -0.39 is 0 Å². The fourth-order valence-electron chi connectivity index (χ4n) is 4.09. The summed E-state index contributed by atoms with van der Waals surface area (Å²) in [6.07, 6.45) is 1.77. The molecule has 3 amide bonds. The number of nitrogens with zero attached hydrogens (tertiary/aromatic N) is 4. The first-order valence-corrected chi connectivity index (χ1v) is 11.8. The second kappa shape index (κ2) is 10.1. The number of carbonyl (C=O) groups excluding carboxylic acids is 2. The van der Waals surface area contributed by atoms with Crippen LogP contribution in [0.15, 0.2) is 72.9 Å². The smallest absolute Gasteiger partial charge is 0.321 e. The topological polar surface area (TPSA) is 91.7 Å². The van der Waals surface area contributed by atoms with E-state index in [1.54, 1.807) is 11.1 Å². The Balaban J connectivity index is 1.27. The maximum Gasteiger partial charge on any atom is 0.321 e. The van der Waals surface area contributed by atoms with Crippen molar-refractivity contribution in [1.82, 2.24) is 14.7 Å². The highest BCUT2D eigenvalue weighted by Gasteiger charge is 2.17. The van der Waals surface area contributed by atoms with Crippen molar-refractivity contribution in [3.05, 3.63) is 78.5 Å². The summed E-state index contributed by atoms with van der Waals surface area (Å²) in [6, 6.07) is 20.6. The van der Waals surface area contributed by atoms with E-state index in [9.17, 15) is 9.59 Å². The molecule has 184 valence electrons. The third-order valence-electron chi connectivity index (χ3n) is 6.13. The number of urea groups is 1. The first kappa shape index (κ1) is 23.4. The van der Waals surface area contributed by atoms with E-state index in [-0.39, 0.29) is 11.9 Å². The third-order valence-corrected chi connectivity index (χ3v) is 6.13. The molecule has 2 N–H and O–H groups in total. The average molecular weight is 485 g/mol. The van der Waals surface area contributed by atoms with Crippen LogP contribution in [0.25, 0.3) is 16.6 Å². The number of morpholine rings is 1. The molecule has 1 aromatic heterocycles. The molecule has 36 heavy (non-hydrogen) atoms. The molecule has 4 aromatic rings. The van der Waals surface area contributed by atoms with Crippen molar-refractivity contribution in [3.8, 4) is 5.69 Å². The van der Waals surface area contributed by atoms with E-state index >= 15 is 0 Å². The van der Waals surface area contributed by atoms with Gasteiger partial charge >= 0.3 is 6.03 Å². The van der Waals surface area contributed by atoms with E-state index in [1.165, 1.54) is 0 Å². The normalized spacial score (nSPS) is 13.4. The van der Waals surface area contributed by atoms with E-state index in [0.29, 0.717) is 37.6 Å². The summed E-state index contributed by atoms with van der Waals surface area (Å²) in [5, 5.41) is 11.3. The van der Waals surface area contributed by atoms with Crippen LogP contribution >= 0.6 is 0 Å². The van der Waals surface area contributed by atoms with Gasteiger partial charge in [-0.05, 0) is 66.7 Å². The Bertz CT molecular complexity index is 1370. The molecule has 1 aliphatic heterocycles. The summed E-state index contributed by atoms with van der Waals surface area (Å²) in [7, 11) is 3.92. The van der Waals surface area contributed by atoms with Gasteiger partial charge in [-0.3, -0.25) is 4.79 Å². The SMILES string of the molecule is CN(C)c1ccc(C(=O)Nc2ccc3c(cnn3-c3ccc(NC(=O)N4CCOCC4)cc3)c2)cc1. The Morgan fingerprint density at radius 2 is 1.58 bits per heavy atom. The van der Waals surface area contributed by atoms with E-state index in [0.717, 1.165) is 28.0 Å². The zero-order valence-corrected chi connectivity index (χ0v) is 20.3. The van der Waals surface area contributed by atoms with Gasteiger partial charge < -0.3 is 25.2 Å². The second-order valence-corrected chi connectivity index (χ2v) is 8.80. The molecule has 9 nitrogen and oxygen atoms in total. The molecule has 0 aliphatic carbocycles. The number of ether oxygens (including phenoxy) is 1. The van der Waals surface area contributed by atoms with Gasteiger partial charge in [0.25, 0.3) is 5.91 Å². The number of fused-ring (bicyclic) bond motifs is 1. The number of carbonyl (C=O) groups is 2. The summed E-state index contributed by atoms with van der Waals surface area (Å²) in [6.45, 7) is 2.31. The number of benzene rings is 3. The maximum absolute atomic E-state index is 12.7. The molecule has 2 heterocycles. The minimum atomic E-state index is -0.165. The highest BCUT2D eigenvalue weighted by atomic mass is 16.5. The number of hydrogen-bond donors (Lipinski definition) is 2. The van der Waals surface area contributed by atoms with Crippen LogP contribution in [0.2, 0.25) is 0 Å². The summed E-state index contributed by atoms with van der Waals surface area (Å²) in [4.78, 5) is 28.8. The number of hydrogen-bond acceptors (Lipinski definition) is 5. The van der Waals surface area contributed by atoms with Gasteiger partial charge in [-0.25, -0.2) is 9.48 Å². The second-order valence-electron chi connectivity index (χ2n) is 8.80. The van der Waals surface area contributed by atoms with Gasteiger partial charge in [0.05, 0.1) is 30.6 Å². The molecule has 1 aliphatic rings. The number of amides is 3. The standard InChI is InChI=1S/C27H28N6O3/c1-31(2)23-8-3-19(4-9-23)26(34)29-22-7-12-25-20(17-22)18-28-33(25)24-10-5-21(6-11-24)30-27(35)32-13-15-36-16-14-32/h3-12,17-18H,13-16H2,1-2H3,(H,29,34)(H,30,35). The van der Waals surface area contributed by atoms with Crippen molar-refractivity contribution >= 4 is 39.9 Å². The molecule has 0 bridgehead atoms. The average Bonchev–Trinajstić information content (AvgIpc) is 3.33. The lowest BCUT2D eigenvalue weighted by Crippen LogP contribution is -2.43. The minimum absolute atomic E-state index is 0.126. The van der Waals surface area contributed by atoms with Crippen LogP contribution in [0.3, 0.4) is 0 Å². The van der Waals surface area contributed by atoms with Crippen molar-refractivity contribution in [2.24, 2.45) is 0 Å². The Morgan fingerprint density at radius 3 is 2.28 bits per heavy atom. The van der Waals surface area contributed by atoms with Crippen molar-refractivity contribution in [1.29, 1.82) is 0 Å². The van der Waals surface area contributed by atoms with Gasteiger partial charge in [0.1, 0.15) is 0 Å². The van der Waals surface area contributed by atoms with Gasteiger partial charge in [-0.1, -0.05) is 0 Å². The molecule has 3 aromatic carbocycles. The first-order chi connectivity index (χ1) is 17.5. The molecule has 1 fully saturated rings. The molecule has 9 heteroatoms. The van der Waals surface area contributed by atoms with Gasteiger partial charge in [-0.15, -0.1) is 0 Å². The minimum Gasteiger partial charge on any atom is -0.378 e. The Hall–Kier alpha value is -4.37. The molecule has 1 saturated heterocycles. The highest BCUT2D eigenvalue weighted by Crippen LogP contribution is 2.24. The van der Waals surface area contributed by atoms with Crippen LogP contribution in [-0.2, 0) is 4.74 Å². The number of anilines is 3. The number of rotatable bonds is 5. The number of aromatic nitrogens is 2. The van der Waals surface area contributed by atoms with Gasteiger partial charge in [-0.2, -0.15) is 5.10 Å². The lowest BCUT2D eigenvalue weighted by atomic mass is 10.1. The van der Waals surface area contributed by atoms with Crippen LogP contribution < -0.4 is 15.5 Å². The first-order valence-electron chi connectivity index (χ1n) is 11.8. The molecule has 0 spiro atoms. The Labute approximate surface area is 209 Å². The molecule has 0 saturated carbocycles. The quantitative estimate of drug-likeness (QED) is 0.443. The summed E-state index contributed by atoms with van der Waals surface area (Å²) in [5.74, 6) is -0.165. The largest absolute Gasteiger partial charge is 0.378 e. The molecule has 0 unspecified atom stereocenters. The monoisotopic (exact) mass is 484 g/mol. The maximum atomic E-state index is 12.7. The van der Waals surface area contributed by atoms with Crippen molar-refractivity contribution in [3.63, 3.8) is 0 Å². The number of nitrogens with one attached hydrogen (secondary N) is 2.